The minimum absolute atomic E-state index is 0.0186. The number of allylic oxidation sites excluding steroid dienone is 2. The summed E-state index contributed by atoms with van der Waals surface area (Å²) in [6.07, 6.45) is 4.65. The van der Waals surface area contributed by atoms with Crippen LogP contribution in [0.1, 0.15) is 6.42 Å². The second-order valence-corrected chi connectivity index (χ2v) is 6.34. The second-order valence-electron chi connectivity index (χ2n) is 6.34. The van der Waals surface area contributed by atoms with Gasteiger partial charge in [0.1, 0.15) is 5.69 Å². The number of carbonyl (C=O) groups is 2. The van der Waals surface area contributed by atoms with Gasteiger partial charge in [0.15, 0.2) is 0 Å². The van der Waals surface area contributed by atoms with E-state index in [0.717, 1.165) is 29.6 Å². The predicted molar refractivity (Wildman–Crippen MR) is 82.9 cm³/mol. The fourth-order valence-electron chi connectivity index (χ4n) is 4.01. The van der Waals surface area contributed by atoms with Crippen molar-refractivity contribution < 1.29 is 19.4 Å². The van der Waals surface area contributed by atoms with E-state index in [4.69, 9.17) is 0 Å². The average Bonchev–Trinajstić information content (AvgIpc) is 3.24. The van der Waals surface area contributed by atoms with Gasteiger partial charge in [-0.25, -0.2) is 0 Å². The molecule has 0 aromatic heterocycles. The van der Waals surface area contributed by atoms with Gasteiger partial charge in [0.25, 0.3) is 17.5 Å². The van der Waals surface area contributed by atoms with Crippen LogP contribution in [0, 0.1) is 43.9 Å². The second kappa shape index (κ2) is 5.10. The van der Waals surface area contributed by atoms with Gasteiger partial charge < -0.3 is 0 Å². The van der Waals surface area contributed by atoms with E-state index in [1.165, 1.54) is 0 Å². The Kier molecular flexibility index (Phi) is 3.11. The molecule has 1 aromatic carbocycles. The van der Waals surface area contributed by atoms with E-state index in [1.54, 1.807) is 0 Å². The third-order valence-electron chi connectivity index (χ3n) is 5.09. The van der Waals surface area contributed by atoms with E-state index in [2.05, 4.69) is 5.43 Å². The van der Waals surface area contributed by atoms with Crippen LogP contribution in [0.5, 0.6) is 0 Å². The third-order valence-corrected chi connectivity index (χ3v) is 5.09. The molecule has 4 atom stereocenters. The SMILES string of the molecule is O=C1[C@@H]2[C@@H](C(=O)N1Nc1ccc([N+](=O)[O-])cc1[N+](=O)[O-])[C@H]1C=C[C@H]2C1. The lowest BCUT2D eigenvalue weighted by molar-refractivity contribution is -0.393. The van der Waals surface area contributed by atoms with Crippen LogP contribution in [0.25, 0.3) is 0 Å². The maximum Gasteiger partial charge on any atom is 0.300 e. The summed E-state index contributed by atoms with van der Waals surface area (Å²) >= 11 is 0. The molecule has 2 bridgehead atoms. The van der Waals surface area contributed by atoms with Gasteiger partial charge >= 0.3 is 5.69 Å². The van der Waals surface area contributed by atoms with E-state index in [1.807, 2.05) is 12.2 Å². The van der Waals surface area contributed by atoms with Crippen molar-refractivity contribution in [1.29, 1.82) is 0 Å². The number of non-ortho nitro benzene ring substituents is 1. The van der Waals surface area contributed by atoms with Crippen molar-refractivity contribution in [3.8, 4) is 0 Å². The van der Waals surface area contributed by atoms with E-state index in [9.17, 15) is 29.8 Å². The first-order valence-electron chi connectivity index (χ1n) is 7.64. The fourth-order valence-corrected chi connectivity index (χ4v) is 4.01. The van der Waals surface area contributed by atoms with E-state index >= 15 is 0 Å². The van der Waals surface area contributed by atoms with Crippen LogP contribution in [0.3, 0.4) is 0 Å². The summed E-state index contributed by atoms with van der Waals surface area (Å²) in [6.45, 7) is 0. The summed E-state index contributed by atoms with van der Waals surface area (Å²) in [6, 6.07) is 2.99. The van der Waals surface area contributed by atoms with Crippen molar-refractivity contribution in [2.45, 2.75) is 6.42 Å². The number of hydrazine groups is 1. The van der Waals surface area contributed by atoms with Gasteiger partial charge in [-0.2, -0.15) is 5.01 Å². The summed E-state index contributed by atoms with van der Waals surface area (Å²) in [7, 11) is 0. The number of amides is 2. The highest BCUT2D eigenvalue weighted by molar-refractivity contribution is 6.07. The van der Waals surface area contributed by atoms with Crippen LogP contribution in [-0.2, 0) is 9.59 Å². The van der Waals surface area contributed by atoms with Gasteiger partial charge in [0, 0.05) is 6.07 Å². The van der Waals surface area contributed by atoms with Crippen molar-refractivity contribution in [2.24, 2.45) is 23.7 Å². The zero-order valence-electron chi connectivity index (χ0n) is 12.7. The summed E-state index contributed by atoms with van der Waals surface area (Å²) < 4.78 is 0. The topological polar surface area (TPSA) is 136 Å². The smallest absolute Gasteiger partial charge is 0.282 e. The first kappa shape index (κ1) is 15.2. The minimum Gasteiger partial charge on any atom is -0.282 e. The number of nitro benzene ring substituents is 2. The summed E-state index contributed by atoms with van der Waals surface area (Å²) in [5, 5.41) is 22.8. The van der Waals surface area contributed by atoms with Crippen LogP contribution in [0.15, 0.2) is 30.4 Å². The third kappa shape index (κ3) is 2.10. The molecule has 1 saturated heterocycles. The fraction of sp³-hybridized carbons (Fsp3) is 0.333. The first-order valence-corrected chi connectivity index (χ1v) is 7.64. The van der Waals surface area contributed by atoms with Crippen LogP contribution in [-0.4, -0.2) is 26.7 Å². The summed E-state index contributed by atoms with van der Waals surface area (Å²) in [5.41, 5.74) is 1.33. The summed E-state index contributed by atoms with van der Waals surface area (Å²) in [4.78, 5) is 45.6. The quantitative estimate of drug-likeness (QED) is 0.379. The van der Waals surface area contributed by atoms with Crippen LogP contribution >= 0.6 is 0 Å². The zero-order valence-corrected chi connectivity index (χ0v) is 12.7. The van der Waals surface area contributed by atoms with E-state index < -0.39 is 44.9 Å². The Hall–Kier alpha value is -3.30. The van der Waals surface area contributed by atoms with Crippen molar-refractivity contribution >= 4 is 28.9 Å². The molecule has 3 aliphatic rings. The molecule has 25 heavy (non-hydrogen) atoms. The molecule has 1 N–H and O–H groups in total. The van der Waals surface area contributed by atoms with Gasteiger partial charge in [-0.15, -0.1) is 0 Å². The number of hydrogen-bond acceptors (Lipinski definition) is 7. The number of imide groups is 1. The number of benzene rings is 1. The Labute approximate surface area is 140 Å². The molecule has 1 aliphatic heterocycles. The van der Waals surface area contributed by atoms with Gasteiger partial charge in [-0.05, 0) is 24.3 Å². The molecule has 1 aromatic rings. The number of nitrogens with one attached hydrogen (secondary N) is 1. The van der Waals surface area contributed by atoms with Crippen molar-refractivity contribution in [2.75, 3.05) is 5.43 Å². The van der Waals surface area contributed by atoms with Crippen molar-refractivity contribution in [3.63, 3.8) is 0 Å². The number of rotatable bonds is 4. The lowest BCUT2D eigenvalue weighted by Crippen LogP contribution is -2.38. The molecule has 0 spiro atoms. The predicted octanol–water partition coefficient (Wildman–Crippen LogP) is 1.64. The maximum atomic E-state index is 12.6. The van der Waals surface area contributed by atoms with Crippen molar-refractivity contribution in [3.05, 3.63) is 50.6 Å². The molecular weight excluding hydrogens is 332 g/mol. The Morgan fingerprint density at radius 1 is 1.00 bits per heavy atom. The molecular formula is C15H12N4O6. The van der Waals surface area contributed by atoms with Gasteiger partial charge in [0.05, 0.1) is 27.7 Å². The maximum absolute atomic E-state index is 12.6. The van der Waals surface area contributed by atoms with Crippen LogP contribution in [0.4, 0.5) is 17.1 Å². The minimum atomic E-state index is -0.799. The van der Waals surface area contributed by atoms with Gasteiger partial charge in [0.2, 0.25) is 0 Å². The molecule has 1 saturated carbocycles. The molecule has 2 fully saturated rings. The number of fused-ring (bicyclic) bond motifs is 5. The lowest BCUT2D eigenvalue weighted by atomic mass is 9.85. The summed E-state index contributed by atoms with van der Waals surface area (Å²) in [5.74, 6) is -1.67. The average molecular weight is 344 g/mol. The highest BCUT2D eigenvalue weighted by Crippen LogP contribution is 2.52. The molecule has 0 unspecified atom stereocenters. The monoisotopic (exact) mass is 344 g/mol. The zero-order chi connectivity index (χ0) is 17.9. The highest BCUT2D eigenvalue weighted by Gasteiger charge is 2.59. The molecule has 10 nitrogen and oxygen atoms in total. The highest BCUT2D eigenvalue weighted by atomic mass is 16.6. The standard InChI is InChI=1S/C15H12N4O6/c20-14-12-7-1-2-8(5-7)13(12)15(21)17(14)16-10-4-3-9(18(22)23)6-11(10)19(24)25/h1-4,6-8,12-13,16H,5H2/t7-,8-,12-,13-/m0/s1. The molecule has 4 rings (SSSR count). The van der Waals surface area contributed by atoms with Gasteiger partial charge in [-0.1, -0.05) is 12.2 Å². The normalized spacial score (nSPS) is 29.2. The Morgan fingerprint density at radius 3 is 2.12 bits per heavy atom. The molecule has 128 valence electrons. The molecule has 0 radical (unpaired) electrons. The molecule has 1 heterocycles. The number of nitro groups is 2. The number of carbonyl (C=O) groups excluding carboxylic acids is 2. The largest absolute Gasteiger partial charge is 0.300 e. The lowest BCUT2D eigenvalue weighted by Gasteiger charge is -2.19. The van der Waals surface area contributed by atoms with Crippen LogP contribution in [0.2, 0.25) is 0 Å². The Bertz CT molecular complexity index is 836. The number of nitrogens with zero attached hydrogens (tertiary/aromatic N) is 3. The molecule has 2 amide bonds. The van der Waals surface area contributed by atoms with Gasteiger partial charge in [-0.3, -0.25) is 35.2 Å². The molecule has 2 aliphatic carbocycles. The Morgan fingerprint density at radius 2 is 1.60 bits per heavy atom. The van der Waals surface area contributed by atoms with E-state index in [-0.39, 0.29) is 17.5 Å². The molecule has 10 heteroatoms. The van der Waals surface area contributed by atoms with E-state index in [0.29, 0.717) is 0 Å². The Balaban J connectivity index is 1.65. The number of anilines is 1. The first-order chi connectivity index (χ1) is 11.9. The number of hydrogen-bond donors (Lipinski definition) is 1. The van der Waals surface area contributed by atoms with Crippen LogP contribution < -0.4 is 5.43 Å². The van der Waals surface area contributed by atoms with Crippen molar-refractivity contribution in [1.82, 2.24) is 5.01 Å².